The number of rotatable bonds is 6. The first kappa shape index (κ1) is 14.8. The molecule has 1 aromatic carbocycles. The molecule has 1 aromatic rings. The lowest BCUT2D eigenvalue weighted by Gasteiger charge is -2.08. The van der Waals surface area contributed by atoms with Gasteiger partial charge in [-0.1, -0.05) is 0 Å². The lowest BCUT2D eigenvalue weighted by Crippen LogP contribution is -2.31. The molecular weight excluding hydrogens is 250 g/mol. The van der Waals surface area contributed by atoms with Gasteiger partial charge in [-0.25, -0.2) is 4.79 Å². The van der Waals surface area contributed by atoms with Gasteiger partial charge in [0.25, 0.3) is 5.91 Å². The van der Waals surface area contributed by atoms with Gasteiger partial charge in [0.15, 0.2) is 6.61 Å². The highest BCUT2D eigenvalue weighted by atomic mass is 16.5. The SMILES string of the molecule is COCCNC(=O)COC(=O)c1ccc(N)cc1N. The Morgan fingerprint density at radius 1 is 1.32 bits per heavy atom. The van der Waals surface area contributed by atoms with Crippen molar-refractivity contribution in [2.45, 2.75) is 0 Å². The number of ether oxygens (including phenoxy) is 2. The zero-order valence-electron chi connectivity index (χ0n) is 10.6. The molecule has 7 heteroatoms. The molecule has 0 heterocycles. The fraction of sp³-hybridized carbons (Fsp3) is 0.333. The molecule has 0 unspecified atom stereocenters. The fourth-order valence-corrected chi connectivity index (χ4v) is 1.32. The maximum Gasteiger partial charge on any atom is 0.340 e. The lowest BCUT2D eigenvalue weighted by atomic mass is 10.1. The summed E-state index contributed by atoms with van der Waals surface area (Å²) in [4.78, 5) is 23.0. The molecule has 0 fully saturated rings. The second-order valence-corrected chi connectivity index (χ2v) is 3.77. The van der Waals surface area contributed by atoms with E-state index in [2.05, 4.69) is 5.32 Å². The standard InChI is InChI=1S/C12H17N3O4/c1-18-5-4-15-11(16)7-19-12(17)9-3-2-8(13)6-10(9)14/h2-3,6H,4-5,7,13-14H2,1H3,(H,15,16). The average molecular weight is 267 g/mol. The van der Waals surface area contributed by atoms with Crippen LogP contribution >= 0.6 is 0 Å². The third-order valence-electron chi connectivity index (χ3n) is 2.26. The molecule has 0 bridgehead atoms. The van der Waals surface area contributed by atoms with Gasteiger partial charge in [-0.05, 0) is 18.2 Å². The molecule has 0 atom stereocenters. The molecule has 0 aliphatic rings. The molecule has 1 rings (SSSR count). The number of nitrogens with one attached hydrogen (secondary N) is 1. The van der Waals surface area contributed by atoms with Crippen LogP contribution < -0.4 is 16.8 Å². The van der Waals surface area contributed by atoms with E-state index in [4.69, 9.17) is 20.9 Å². The summed E-state index contributed by atoms with van der Waals surface area (Å²) in [5.74, 6) is -1.07. The molecule has 0 saturated carbocycles. The molecule has 0 aliphatic heterocycles. The molecule has 19 heavy (non-hydrogen) atoms. The summed E-state index contributed by atoms with van der Waals surface area (Å²) in [6.07, 6.45) is 0. The van der Waals surface area contributed by atoms with Gasteiger partial charge in [-0.2, -0.15) is 0 Å². The molecule has 0 saturated heterocycles. The highest BCUT2D eigenvalue weighted by Gasteiger charge is 2.13. The molecule has 5 N–H and O–H groups in total. The van der Waals surface area contributed by atoms with Crippen LogP contribution in [0.2, 0.25) is 0 Å². The Kier molecular flexibility index (Phi) is 5.62. The Bertz CT molecular complexity index is 462. The summed E-state index contributed by atoms with van der Waals surface area (Å²) in [5, 5.41) is 2.52. The Morgan fingerprint density at radius 3 is 2.68 bits per heavy atom. The Labute approximate surface area is 110 Å². The van der Waals surface area contributed by atoms with Gasteiger partial charge in [0.05, 0.1) is 12.2 Å². The van der Waals surface area contributed by atoms with Crippen molar-refractivity contribution in [3.63, 3.8) is 0 Å². The predicted octanol–water partition coefficient (Wildman–Crippen LogP) is -0.230. The second-order valence-electron chi connectivity index (χ2n) is 3.77. The predicted molar refractivity (Wildman–Crippen MR) is 70.4 cm³/mol. The maximum atomic E-state index is 11.7. The molecule has 0 spiro atoms. The summed E-state index contributed by atoms with van der Waals surface area (Å²) in [6.45, 7) is 0.383. The number of nitrogen functional groups attached to an aromatic ring is 2. The van der Waals surface area contributed by atoms with Gasteiger partial charge in [0, 0.05) is 25.0 Å². The third-order valence-corrected chi connectivity index (χ3v) is 2.26. The number of amides is 1. The smallest absolute Gasteiger partial charge is 0.340 e. The van der Waals surface area contributed by atoms with E-state index in [0.717, 1.165) is 0 Å². The van der Waals surface area contributed by atoms with Crippen LogP contribution in [0.1, 0.15) is 10.4 Å². The summed E-state index contributed by atoms with van der Waals surface area (Å²) in [7, 11) is 1.52. The number of benzene rings is 1. The number of carbonyl (C=O) groups is 2. The topological polar surface area (TPSA) is 117 Å². The van der Waals surface area contributed by atoms with Crippen molar-refractivity contribution < 1.29 is 19.1 Å². The first-order valence-corrected chi connectivity index (χ1v) is 5.62. The summed E-state index contributed by atoms with van der Waals surface area (Å²) >= 11 is 0. The minimum absolute atomic E-state index is 0.180. The number of anilines is 2. The van der Waals surface area contributed by atoms with Gasteiger partial charge in [0.2, 0.25) is 0 Å². The van der Waals surface area contributed by atoms with Gasteiger partial charge in [-0.15, -0.1) is 0 Å². The van der Waals surface area contributed by atoms with Crippen molar-refractivity contribution in [2.24, 2.45) is 0 Å². The molecular formula is C12H17N3O4. The van der Waals surface area contributed by atoms with Gasteiger partial charge < -0.3 is 26.3 Å². The van der Waals surface area contributed by atoms with Crippen molar-refractivity contribution in [3.8, 4) is 0 Å². The van der Waals surface area contributed by atoms with Crippen LogP contribution in [0.25, 0.3) is 0 Å². The van der Waals surface area contributed by atoms with Gasteiger partial charge in [-0.3, -0.25) is 4.79 Å². The summed E-state index contributed by atoms with van der Waals surface area (Å²) in [5.41, 5.74) is 12.0. The van der Waals surface area contributed by atoms with Crippen molar-refractivity contribution in [1.29, 1.82) is 0 Å². The van der Waals surface area contributed by atoms with Crippen LogP contribution in [-0.4, -0.2) is 38.7 Å². The first-order chi connectivity index (χ1) is 9.04. The minimum atomic E-state index is -0.667. The van der Waals surface area contributed by atoms with E-state index < -0.39 is 11.9 Å². The van der Waals surface area contributed by atoms with E-state index >= 15 is 0 Å². The normalized spacial score (nSPS) is 9.95. The van der Waals surface area contributed by atoms with E-state index in [0.29, 0.717) is 18.8 Å². The van der Waals surface area contributed by atoms with Crippen LogP contribution in [-0.2, 0) is 14.3 Å². The second kappa shape index (κ2) is 7.22. The van der Waals surface area contributed by atoms with E-state index in [1.54, 1.807) is 0 Å². The molecule has 0 radical (unpaired) electrons. The minimum Gasteiger partial charge on any atom is -0.452 e. The number of methoxy groups -OCH3 is 1. The van der Waals surface area contributed by atoms with Crippen LogP contribution in [0.5, 0.6) is 0 Å². The van der Waals surface area contributed by atoms with E-state index in [1.807, 2.05) is 0 Å². The van der Waals surface area contributed by atoms with E-state index in [9.17, 15) is 9.59 Å². The number of hydrogen-bond acceptors (Lipinski definition) is 6. The van der Waals surface area contributed by atoms with Crippen molar-refractivity contribution in [3.05, 3.63) is 23.8 Å². The molecule has 0 aromatic heterocycles. The number of nitrogens with two attached hydrogens (primary N) is 2. The molecule has 104 valence electrons. The van der Waals surface area contributed by atoms with Crippen molar-refractivity contribution in [2.75, 3.05) is 38.3 Å². The maximum absolute atomic E-state index is 11.7. The van der Waals surface area contributed by atoms with Gasteiger partial charge >= 0.3 is 5.97 Å². The first-order valence-electron chi connectivity index (χ1n) is 5.62. The zero-order valence-corrected chi connectivity index (χ0v) is 10.6. The lowest BCUT2D eigenvalue weighted by molar-refractivity contribution is -0.124. The largest absolute Gasteiger partial charge is 0.452 e. The highest BCUT2D eigenvalue weighted by Crippen LogP contribution is 2.16. The molecule has 1 amide bonds. The molecule has 7 nitrogen and oxygen atoms in total. The summed E-state index contributed by atoms with van der Waals surface area (Å²) < 4.78 is 9.59. The van der Waals surface area contributed by atoms with Crippen LogP contribution in [0.4, 0.5) is 11.4 Å². The Hall–Kier alpha value is -2.28. The monoisotopic (exact) mass is 267 g/mol. The average Bonchev–Trinajstić information content (AvgIpc) is 2.36. The fourth-order valence-electron chi connectivity index (χ4n) is 1.32. The Balaban J connectivity index is 2.45. The zero-order chi connectivity index (χ0) is 14.3. The van der Waals surface area contributed by atoms with E-state index in [-0.39, 0.29) is 17.9 Å². The van der Waals surface area contributed by atoms with Crippen LogP contribution in [0.15, 0.2) is 18.2 Å². The third kappa shape index (κ3) is 4.84. The van der Waals surface area contributed by atoms with E-state index in [1.165, 1.54) is 25.3 Å². The van der Waals surface area contributed by atoms with Crippen molar-refractivity contribution >= 4 is 23.3 Å². The highest BCUT2D eigenvalue weighted by molar-refractivity contribution is 5.96. The number of carbonyl (C=O) groups excluding carboxylic acids is 2. The summed E-state index contributed by atoms with van der Waals surface area (Å²) in [6, 6.07) is 4.44. The van der Waals surface area contributed by atoms with Gasteiger partial charge in [0.1, 0.15) is 0 Å². The Morgan fingerprint density at radius 2 is 2.05 bits per heavy atom. The number of esters is 1. The van der Waals surface area contributed by atoms with Crippen LogP contribution in [0, 0.1) is 0 Å². The van der Waals surface area contributed by atoms with Crippen molar-refractivity contribution in [1.82, 2.24) is 5.32 Å². The number of hydrogen-bond donors (Lipinski definition) is 3. The quantitative estimate of drug-likeness (QED) is 0.372. The molecule has 0 aliphatic carbocycles. The van der Waals surface area contributed by atoms with Crippen LogP contribution in [0.3, 0.4) is 0 Å².